The van der Waals surface area contributed by atoms with E-state index in [0.717, 1.165) is 5.56 Å². The summed E-state index contributed by atoms with van der Waals surface area (Å²) in [6, 6.07) is 6.94. The number of aliphatic hydroxyl groups is 1. The van der Waals surface area contributed by atoms with Crippen LogP contribution in [0.25, 0.3) is 0 Å². The third-order valence-corrected chi connectivity index (χ3v) is 5.05. The Kier molecular flexibility index (Phi) is 9.61. The first kappa shape index (κ1) is 25.7. The Morgan fingerprint density at radius 3 is 2.10 bits per heavy atom. The van der Waals surface area contributed by atoms with Crippen molar-refractivity contribution in [2.24, 2.45) is 23.3 Å². The molecule has 0 saturated heterocycles. The number of carboxylic acids is 1. The molecule has 1 rings (SSSR count). The summed E-state index contributed by atoms with van der Waals surface area (Å²) in [6.07, 6.45) is 1.04. The molecule has 8 heteroatoms. The van der Waals surface area contributed by atoms with Crippen LogP contribution in [-0.2, 0) is 20.8 Å². The van der Waals surface area contributed by atoms with E-state index < -0.39 is 41.5 Å². The van der Waals surface area contributed by atoms with E-state index in [0.29, 0.717) is 17.7 Å². The normalized spacial score (nSPS) is 15.5. The minimum atomic E-state index is -2.89. The Labute approximate surface area is 178 Å². The van der Waals surface area contributed by atoms with Gasteiger partial charge in [-0.25, -0.2) is 9.69 Å². The lowest BCUT2D eigenvalue weighted by molar-refractivity contribution is -0.199. The highest BCUT2D eigenvalue weighted by molar-refractivity contribution is 6.02. The first-order valence-electron chi connectivity index (χ1n) is 10.3. The first-order chi connectivity index (χ1) is 13.9. The van der Waals surface area contributed by atoms with Crippen LogP contribution < -0.4 is 11.5 Å². The van der Waals surface area contributed by atoms with Gasteiger partial charge < -0.3 is 21.7 Å². The molecule has 0 aromatic heterocycles. The van der Waals surface area contributed by atoms with Crippen molar-refractivity contribution in [1.82, 2.24) is 4.90 Å². The smallest absolute Gasteiger partial charge is 0.359 e. The number of imide groups is 1. The number of amides is 2. The summed E-state index contributed by atoms with van der Waals surface area (Å²) in [7, 11) is 0. The van der Waals surface area contributed by atoms with Gasteiger partial charge in [0.1, 0.15) is 0 Å². The molecule has 1 aromatic carbocycles. The lowest BCUT2D eigenvalue weighted by Gasteiger charge is -2.41. The molecule has 0 spiro atoms. The van der Waals surface area contributed by atoms with Crippen LogP contribution in [0.15, 0.2) is 30.3 Å². The van der Waals surface area contributed by atoms with E-state index in [4.69, 9.17) is 11.5 Å². The van der Waals surface area contributed by atoms with Gasteiger partial charge in [0.2, 0.25) is 11.8 Å². The third kappa shape index (κ3) is 6.35. The minimum absolute atomic E-state index is 0.0377. The number of carboxylic acid groups (broad SMARTS) is 1. The number of hydrogen-bond donors (Lipinski definition) is 4. The molecule has 0 aliphatic rings. The number of aliphatic carboxylic acids is 1. The molecule has 2 amide bonds. The number of nitrogens with zero attached hydrogens (tertiary/aromatic N) is 1. The molecule has 1 aromatic rings. The zero-order valence-electron chi connectivity index (χ0n) is 18.2. The number of carbonyl (C=O) groups is 3. The van der Waals surface area contributed by atoms with Gasteiger partial charge in [-0.3, -0.25) is 9.59 Å². The molecule has 30 heavy (non-hydrogen) atoms. The molecule has 3 atom stereocenters. The number of benzene rings is 1. The van der Waals surface area contributed by atoms with E-state index in [1.54, 1.807) is 13.8 Å². The second kappa shape index (κ2) is 11.2. The average molecular weight is 422 g/mol. The number of hydrogen-bond acceptors (Lipinski definition) is 6. The Hall–Kier alpha value is -2.29. The fourth-order valence-electron chi connectivity index (χ4n) is 3.31. The average Bonchev–Trinajstić information content (AvgIpc) is 2.67. The Morgan fingerprint density at radius 2 is 1.63 bits per heavy atom. The number of rotatable bonds is 11. The van der Waals surface area contributed by atoms with Gasteiger partial charge in [0, 0.05) is 6.42 Å². The molecule has 1 unspecified atom stereocenters. The van der Waals surface area contributed by atoms with Gasteiger partial charge in [0.25, 0.3) is 5.72 Å². The molecule has 0 radical (unpaired) electrons. The Balaban J connectivity index is 3.19. The van der Waals surface area contributed by atoms with Gasteiger partial charge in [-0.05, 0) is 36.7 Å². The topological polar surface area (TPSA) is 147 Å². The SMILES string of the molecule is CC(C)CC(N)C(=O)N(C(=O)CCCc1ccccc1)[C@@](O)(C(=O)O)[C@H](N)C(C)C. The number of aryl methyl sites for hydroxylation is 1. The maximum absolute atomic E-state index is 13.0. The van der Waals surface area contributed by atoms with E-state index in [2.05, 4.69) is 0 Å². The summed E-state index contributed by atoms with van der Waals surface area (Å²) in [5.74, 6) is -3.98. The summed E-state index contributed by atoms with van der Waals surface area (Å²) in [6.45, 7) is 6.91. The van der Waals surface area contributed by atoms with Crippen LogP contribution in [0.1, 0.15) is 52.5 Å². The minimum Gasteiger partial charge on any atom is -0.478 e. The molecule has 0 aliphatic heterocycles. The van der Waals surface area contributed by atoms with Crippen molar-refractivity contribution in [3.8, 4) is 0 Å². The molecule has 168 valence electrons. The van der Waals surface area contributed by atoms with Crippen molar-refractivity contribution in [2.75, 3.05) is 0 Å². The van der Waals surface area contributed by atoms with Crippen LogP contribution in [0.2, 0.25) is 0 Å². The molecule has 0 heterocycles. The maximum Gasteiger partial charge on any atom is 0.359 e. The van der Waals surface area contributed by atoms with E-state index in [9.17, 15) is 24.6 Å². The lowest BCUT2D eigenvalue weighted by Crippen LogP contribution is -2.71. The van der Waals surface area contributed by atoms with Crippen LogP contribution in [0.4, 0.5) is 0 Å². The largest absolute Gasteiger partial charge is 0.478 e. The van der Waals surface area contributed by atoms with Crippen LogP contribution in [0, 0.1) is 11.8 Å². The van der Waals surface area contributed by atoms with Gasteiger partial charge in [-0.2, -0.15) is 0 Å². The lowest BCUT2D eigenvalue weighted by atomic mass is 9.90. The summed E-state index contributed by atoms with van der Waals surface area (Å²) in [4.78, 5) is 38.5. The monoisotopic (exact) mass is 421 g/mol. The zero-order chi connectivity index (χ0) is 23.1. The second-order valence-electron chi connectivity index (χ2n) is 8.44. The summed E-state index contributed by atoms with van der Waals surface area (Å²) >= 11 is 0. The first-order valence-corrected chi connectivity index (χ1v) is 10.3. The van der Waals surface area contributed by atoms with Crippen LogP contribution >= 0.6 is 0 Å². The van der Waals surface area contributed by atoms with Crippen molar-refractivity contribution in [2.45, 2.75) is 71.2 Å². The molecule has 0 saturated carbocycles. The van der Waals surface area contributed by atoms with Crippen molar-refractivity contribution in [3.63, 3.8) is 0 Å². The van der Waals surface area contributed by atoms with Gasteiger partial charge >= 0.3 is 5.97 Å². The predicted molar refractivity (Wildman–Crippen MR) is 114 cm³/mol. The third-order valence-electron chi connectivity index (χ3n) is 5.05. The van der Waals surface area contributed by atoms with Gasteiger partial charge in [0.05, 0.1) is 12.1 Å². The van der Waals surface area contributed by atoms with Crippen LogP contribution in [0.3, 0.4) is 0 Å². The van der Waals surface area contributed by atoms with Crippen molar-refractivity contribution in [3.05, 3.63) is 35.9 Å². The van der Waals surface area contributed by atoms with Crippen LogP contribution in [-0.4, -0.2) is 50.7 Å². The van der Waals surface area contributed by atoms with Crippen molar-refractivity contribution in [1.29, 1.82) is 0 Å². The molecule has 6 N–H and O–H groups in total. The van der Waals surface area contributed by atoms with E-state index in [-0.39, 0.29) is 18.8 Å². The van der Waals surface area contributed by atoms with Crippen molar-refractivity contribution < 1.29 is 24.6 Å². The van der Waals surface area contributed by atoms with E-state index >= 15 is 0 Å². The summed E-state index contributed by atoms with van der Waals surface area (Å²) in [5.41, 5.74) is 10.1. The van der Waals surface area contributed by atoms with E-state index in [1.165, 1.54) is 0 Å². The predicted octanol–water partition coefficient (Wildman–Crippen LogP) is 1.49. The number of nitrogens with two attached hydrogens (primary N) is 2. The van der Waals surface area contributed by atoms with E-state index in [1.807, 2.05) is 44.2 Å². The number of carbonyl (C=O) groups excluding carboxylic acids is 2. The molecule has 8 nitrogen and oxygen atoms in total. The van der Waals surface area contributed by atoms with Crippen LogP contribution in [0.5, 0.6) is 0 Å². The molecule has 0 fully saturated rings. The van der Waals surface area contributed by atoms with Crippen molar-refractivity contribution >= 4 is 17.8 Å². The highest BCUT2D eigenvalue weighted by Crippen LogP contribution is 2.25. The molecule has 0 aliphatic carbocycles. The fraction of sp³-hybridized carbons (Fsp3) is 0.591. The van der Waals surface area contributed by atoms with Gasteiger partial charge in [0.15, 0.2) is 0 Å². The quantitative estimate of drug-likeness (QED) is 0.396. The molecular formula is C22H35N3O5. The second-order valence-corrected chi connectivity index (χ2v) is 8.44. The maximum atomic E-state index is 13.0. The highest BCUT2D eigenvalue weighted by Gasteiger charge is 2.54. The van der Waals surface area contributed by atoms with Gasteiger partial charge in [-0.1, -0.05) is 58.0 Å². The molecular weight excluding hydrogens is 386 g/mol. The summed E-state index contributed by atoms with van der Waals surface area (Å²) < 4.78 is 0. The highest BCUT2D eigenvalue weighted by atomic mass is 16.4. The fourth-order valence-corrected chi connectivity index (χ4v) is 3.31. The van der Waals surface area contributed by atoms with Gasteiger partial charge in [-0.15, -0.1) is 0 Å². The Morgan fingerprint density at radius 1 is 1.07 bits per heavy atom. The standard InChI is InChI=1S/C22H35N3O5/c1-14(2)13-17(23)20(27)25(22(30,21(28)29)19(24)15(3)4)18(26)12-8-11-16-9-6-5-7-10-16/h5-7,9-10,14-15,17,19,30H,8,11-13,23-24H2,1-4H3,(H,28,29)/t17?,19-,22+/m1/s1. The molecule has 0 bridgehead atoms. The summed E-state index contributed by atoms with van der Waals surface area (Å²) in [5, 5.41) is 20.8. The Bertz CT molecular complexity index is 723. The zero-order valence-corrected chi connectivity index (χ0v) is 18.2.